The van der Waals surface area contributed by atoms with E-state index in [0.29, 0.717) is 16.9 Å². The fraction of sp³-hybridized carbons (Fsp3) is 0.188. The molecule has 4 aromatic rings. The molecule has 0 aliphatic heterocycles. The molecule has 0 aliphatic rings. The van der Waals surface area contributed by atoms with Gasteiger partial charge in [-0.15, -0.1) is 0 Å². The van der Waals surface area contributed by atoms with Crippen molar-refractivity contribution in [2.45, 2.75) is 12.2 Å². The van der Waals surface area contributed by atoms with E-state index in [4.69, 9.17) is 28.4 Å². The molecule has 0 amide bonds. The lowest BCUT2D eigenvalue weighted by Gasteiger charge is -2.29. The molecule has 0 heterocycles. The van der Waals surface area contributed by atoms with Crippen LogP contribution in [0.4, 0.5) is 0 Å². The molecule has 9 nitrogen and oxygen atoms in total. The normalized spacial score (nSPS) is 12.0. The van der Waals surface area contributed by atoms with E-state index in [-0.39, 0.29) is 34.1 Å². The van der Waals surface area contributed by atoms with Crippen LogP contribution in [-0.2, 0) is 9.47 Å². The standard InChI is InChI=1S/C32H28Br2O9/c1-38-25-14-9-20(15-24(25)35)28(42-31(36)18-5-10-22(33)11-6-18)29(43-32(37)19-7-12-23(34)13-8-19)21-16-26(39-2)30(41-4)27(17-21)40-3/h5-17,28-29,35H,1-4H3/t28-,29-/m0/s1. The Morgan fingerprint density at radius 3 is 1.42 bits per heavy atom. The maximum absolute atomic E-state index is 13.5. The summed E-state index contributed by atoms with van der Waals surface area (Å²) in [6, 6.07) is 20.9. The van der Waals surface area contributed by atoms with Crippen molar-refractivity contribution in [2.75, 3.05) is 28.4 Å². The molecule has 11 heteroatoms. The zero-order valence-electron chi connectivity index (χ0n) is 23.6. The van der Waals surface area contributed by atoms with Gasteiger partial charge in [-0.3, -0.25) is 0 Å². The van der Waals surface area contributed by atoms with E-state index < -0.39 is 24.1 Å². The number of hydrogen-bond donors (Lipinski definition) is 1. The van der Waals surface area contributed by atoms with Crippen molar-refractivity contribution in [2.24, 2.45) is 0 Å². The highest BCUT2D eigenvalue weighted by atomic mass is 79.9. The number of carbonyl (C=O) groups excluding carboxylic acids is 2. The Balaban J connectivity index is 1.90. The zero-order chi connectivity index (χ0) is 31.1. The highest BCUT2D eigenvalue weighted by Gasteiger charge is 2.35. The third-order valence-electron chi connectivity index (χ3n) is 6.45. The Hall–Kier alpha value is -4.22. The highest BCUT2D eigenvalue weighted by molar-refractivity contribution is 9.10. The van der Waals surface area contributed by atoms with Crippen molar-refractivity contribution in [1.29, 1.82) is 0 Å². The molecular weight excluding hydrogens is 688 g/mol. The Morgan fingerprint density at radius 2 is 1.02 bits per heavy atom. The molecule has 4 aromatic carbocycles. The Labute approximate surface area is 265 Å². The van der Waals surface area contributed by atoms with Crippen LogP contribution in [0, 0.1) is 0 Å². The molecule has 0 unspecified atom stereocenters. The fourth-order valence-corrected chi connectivity index (χ4v) is 4.83. The first kappa shape index (κ1) is 31.7. The summed E-state index contributed by atoms with van der Waals surface area (Å²) >= 11 is 6.73. The number of phenolic OH excluding ortho intramolecular Hbond substituents is 1. The van der Waals surface area contributed by atoms with Crippen LogP contribution in [-0.4, -0.2) is 45.5 Å². The number of ether oxygens (including phenoxy) is 6. The topological polar surface area (TPSA) is 110 Å². The molecule has 43 heavy (non-hydrogen) atoms. The third kappa shape index (κ3) is 7.41. The van der Waals surface area contributed by atoms with E-state index in [1.807, 2.05) is 0 Å². The number of carbonyl (C=O) groups is 2. The highest BCUT2D eigenvalue weighted by Crippen LogP contribution is 2.45. The summed E-state index contributed by atoms with van der Waals surface area (Å²) in [6.45, 7) is 0. The second-order valence-electron chi connectivity index (χ2n) is 9.06. The molecule has 1 N–H and O–H groups in total. The minimum atomic E-state index is -1.25. The molecule has 4 rings (SSSR count). The first-order valence-corrected chi connectivity index (χ1v) is 14.4. The molecule has 0 fully saturated rings. The van der Waals surface area contributed by atoms with Gasteiger partial charge >= 0.3 is 11.9 Å². The van der Waals surface area contributed by atoms with Gasteiger partial charge in [-0.05, 0) is 72.8 Å². The zero-order valence-corrected chi connectivity index (χ0v) is 26.8. The summed E-state index contributed by atoms with van der Waals surface area (Å²) in [4.78, 5) is 27.0. The van der Waals surface area contributed by atoms with Crippen LogP contribution in [0.15, 0.2) is 87.8 Å². The Bertz CT molecular complexity index is 1560. The van der Waals surface area contributed by atoms with Crippen molar-refractivity contribution < 1.29 is 43.1 Å². The number of esters is 2. The van der Waals surface area contributed by atoms with E-state index in [1.54, 1.807) is 66.7 Å². The third-order valence-corrected chi connectivity index (χ3v) is 7.51. The van der Waals surface area contributed by atoms with Crippen LogP contribution in [0.3, 0.4) is 0 Å². The van der Waals surface area contributed by atoms with Crippen molar-refractivity contribution in [3.63, 3.8) is 0 Å². The quantitative estimate of drug-likeness (QED) is 0.158. The van der Waals surface area contributed by atoms with Gasteiger partial charge in [0.05, 0.1) is 39.6 Å². The summed E-state index contributed by atoms with van der Waals surface area (Å²) in [5, 5.41) is 10.7. The van der Waals surface area contributed by atoms with Crippen LogP contribution < -0.4 is 18.9 Å². The summed E-state index contributed by atoms with van der Waals surface area (Å²) in [5.41, 5.74) is 1.21. The van der Waals surface area contributed by atoms with E-state index in [1.165, 1.54) is 40.6 Å². The predicted molar refractivity (Wildman–Crippen MR) is 165 cm³/mol. The smallest absolute Gasteiger partial charge is 0.338 e. The van der Waals surface area contributed by atoms with Crippen LogP contribution in [0.2, 0.25) is 0 Å². The first-order chi connectivity index (χ1) is 20.7. The predicted octanol–water partition coefficient (Wildman–Crippen LogP) is 7.45. The Kier molecular flexibility index (Phi) is 10.5. The van der Waals surface area contributed by atoms with Crippen molar-refractivity contribution >= 4 is 43.8 Å². The van der Waals surface area contributed by atoms with Gasteiger partial charge in [-0.25, -0.2) is 9.59 Å². The summed E-state index contributed by atoms with van der Waals surface area (Å²) in [7, 11) is 5.79. The lowest BCUT2D eigenvalue weighted by molar-refractivity contribution is -0.0390. The van der Waals surface area contributed by atoms with E-state index in [0.717, 1.165) is 8.95 Å². The van der Waals surface area contributed by atoms with Crippen LogP contribution in [0.5, 0.6) is 28.7 Å². The van der Waals surface area contributed by atoms with Gasteiger partial charge in [-0.2, -0.15) is 0 Å². The lowest BCUT2D eigenvalue weighted by Crippen LogP contribution is -2.24. The molecule has 224 valence electrons. The minimum absolute atomic E-state index is 0.201. The lowest BCUT2D eigenvalue weighted by atomic mass is 9.96. The van der Waals surface area contributed by atoms with Gasteiger partial charge in [0.25, 0.3) is 0 Å². The number of rotatable bonds is 11. The molecule has 2 atom stereocenters. The van der Waals surface area contributed by atoms with E-state index in [9.17, 15) is 14.7 Å². The molecule has 0 aromatic heterocycles. The largest absolute Gasteiger partial charge is 0.504 e. The monoisotopic (exact) mass is 714 g/mol. The van der Waals surface area contributed by atoms with Crippen LogP contribution in [0.25, 0.3) is 0 Å². The van der Waals surface area contributed by atoms with Gasteiger partial charge in [0.15, 0.2) is 35.2 Å². The molecular formula is C32H28Br2O9. The van der Waals surface area contributed by atoms with Gasteiger partial charge in [0.1, 0.15) is 0 Å². The minimum Gasteiger partial charge on any atom is -0.504 e. The van der Waals surface area contributed by atoms with Gasteiger partial charge in [0, 0.05) is 20.1 Å². The number of aromatic hydroxyl groups is 1. The van der Waals surface area contributed by atoms with Crippen LogP contribution in [0.1, 0.15) is 44.1 Å². The molecule has 0 bridgehead atoms. The first-order valence-electron chi connectivity index (χ1n) is 12.8. The van der Waals surface area contributed by atoms with Crippen molar-refractivity contribution in [3.8, 4) is 28.7 Å². The number of benzene rings is 4. The second-order valence-corrected chi connectivity index (χ2v) is 10.9. The van der Waals surface area contributed by atoms with Crippen molar-refractivity contribution in [3.05, 3.63) is 110 Å². The average molecular weight is 716 g/mol. The molecule has 0 saturated heterocycles. The number of hydrogen-bond acceptors (Lipinski definition) is 9. The summed E-state index contributed by atoms with van der Waals surface area (Å²) in [5.74, 6) is -0.476. The molecule has 0 aliphatic carbocycles. The number of phenols is 1. The van der Waals surface area contributed by atoms with Crippen LogP contribution >= 0.6 is 31.9 Å². The summed E-state index contributed by atoms with van der Waals surface area (Å²) < 4.78 is 35.5. The molecule has 0 spiro atoms. The molecule has 0 radical (unpaired) electrons. The number of halogens is 2. The fourth-order valence-electron chi connectivity index (χ4n) is 4.30. The van der Waals surface area contributed by atoms with Gasteiger partial charge < -0.3 is 33.5 Å². The van der Waals surface area contributed by atoms with Crippen molar-refractivity contribution in [1.82, 2.24) is 0 Å². The summed E-state index contributed by atoms with van der Waals surface area (Å²) in [6.07, 6.45) is -2.51. The second kappa shape index (κ2) is 14.3. The Morgan fingerprint density at radius 1 is 0.581 bits per heavy atom. The average Bonchev–Trinajstić information content (AvgIpc) is 3.02. The maximum atomic E-state index is 13.5. The molecule has 0 saturated carbocycles. The maximum Gasteiger partial charge on any atom is 0.338 e. The van der Waals surface area contributed by atoms with Gasteiger partial charge in [0.2, 0.25) is 5.75 Å². The van der Waals surface area contributed by atoms with Gasteiger partial charge in [-0.1, -0.05) is 37.9 Å². The van der Waals surface area contributed by atoms with E-state index in [2.05, 4.69) is 31.9 Å². The SMILES string of the molecule is COc1ccc([C@H](OC(=O)c2ccc(Br)cc2)[C@@H](OC(=O)c2ccc(Br)cc2)c2cc(OC)c(OC)c(OC)c2)cc1O. The van der Waals surface area contributed by atoms with E-state index >= 15 is 0 Å². The number of methoxy groups -OCH3 is 4.